The number of aryl methyl sites for hydroxylation is 2. The highest BCUT2D eigenvalue weighted by Crippen LogP contribution is 2.50. The van der Waals surface area contributed by atoms with Crippen LogP contribution >= 0.6 is 7.75 Å². The number of benzene rings is 1. The third-order valence-electron chi connectivity index (χ3n) is 2.86. The molecular weight excluding hydrogens is 265 g/mol. The van der Waals surface area contributed by atoms with Crippen molar-refractivity contribution in [3.63, 3.8) is 0 Å². The van der Waals surface area contributed by atoms with Gasteiger partial charge in [0.05, 0.1) is 13.2 Å². The van der Waals surface area contributed by atoms with Crippen molar-refractivity contribution in [3.05, 3.63) is 23.3 Å². The van der Waals surface area contributed by atoms with E-state index < -0.39 is 7.75 Å². The van der Waals surface area contributed by atoms with Crippen LogP contribution in [0.1, 0.15) is 25.0 Å². The average molecular weight is 283 g/mol. The highest BCUT2D eigenvalue weighted by molar-refractivity contribution is 7.52. The molecule has 0 aliphatic carbocycles. The van der Waals surface area contributed by atoms with E-state index in [1.807, 2.05) is 26.0 Å². The van der Waals surface area contributed by atoms with E-state index in [4.69, 9.17) is 9.05 Å². The van der Waals surface area contributed by atoms with Crippen LogP contribution in [0.3, 0.4) is 0 Å². The predicted octanol–water partition coefficient (Wildman–Crippen LogP) is 3.08. The molecule has 0 N–H and O–H groups in total. The van der Waals surface area contributed by atoms with Crippen molar-refractivity contribution in [1.29, 1.82) is 0 Å². The van der Waals surface area contributed by atoms with E-state index in [2.05, 4.69) is 10.3 Å². The van der Waals surface area contributed by atoms with Gasteiger partial charge < -0.3 is 0 Å². The molecule has 2 aromatic rings. The molecule has 0 bridgehead atoms. The molecule has 19 heavy (non-hydrogen) atoms. The molecule has 0 aliphatic rings. The van der Waals surface area contributed by atoms with Crippen molar-refractivity contribution in [2.75, 3.05) is 13.2 Å². The Bertz CT molecular complexity index is 628. The molecule has 6 nitrogen and oxygen atoms in total. The molecule has 0 saturated carbocycles. The van der Waals surface area contributed by atoms with Gasteiger partial charge in [0.25, 0.3) is 0 Å². The van der Waals surface area contributed by atoms with E-state index >= 15 is 0 Å². The summed E-state index contributed by atoms with van der Waals surface area (Å²) in [5, 5.41) is 7.97. The van der Waals surface area contributed by atoms with Crippen molar-refractivity contribution in [1.82, 2.24) is 14.8 Å². The van der Waals surface area contributed by atoms with Gasteiger partial charge in [0.15, 0.2) is 0 Å². The van der Waals surface area contributed by atoms with Gasteiger partial charge in [0.2, 0.25) is 0 Å². The number of rotatable bonds is 5. The third-order valence-corrected chi connectivity index (χ3v) is 4.79. The van der Waals surface area contributed by atoms with E-state index in [0.29, 0.717) is 11.0 Å². The summed E-state index contributed by atoms with van der Waals surface area (Å²) in [4.78, 5) is 0. The SMILES string of the molecule is CCOP(=O)(OCC)n1nnc2cc(C)c(C)cc21. The highest BCUT2D eigenvalue weighted by atomic mass is 31.2. The smallest absolute Gasteiger partial charge is 0.291 e. The second-order valence-electron chi connectivity index (χ2n) is 4.21. The molecule has 0 unspecified atom stereocenters. The Kier molecular flexibility index (Phi) is 4.04. The number of nitrogens with zero attached hydrogens (tertiary/aromatic N) is 3. The number of aromatic nitrogens is 3. The Balaban J connectivity index is 2.61. The fourth-order valence-electron chi connectivity index (χ4n) is 1.82. The van der Waals surface area contributed by atoms with Gasteiger partial charge in [-0.15, -0.1) is 9.55 Å². The summed E-state index contributed by atoms with van der Waals surface area (Å²) in [6.07, 6.45) is 0. The number of fused-ring (bicyclic) bond motifs is 1. The van der Waals surface area contributed by atoms with Crippen LogP contribution in [0, 0.1) is 13.8 Å². The Morgan fingerprint density at radius 3 is 2.32 bits per heavy atom. The van der Waals surface area contributed by atoms with E-state index in [1.165, 1.54) is 4.45 Å². The minimum absolute atomic E-state index is 0.281. The summed E-state index contributed by atoms with van der Waals surface area (Å²) in [6.45, 7) is 8.07. The molecule has 1 aromatic carbocycles. The molecular formula is C12H18N3O3P. The quantitative estimate of drug-likeness (QED) is 0.789. The van der Waals surface area contributed by atoms with Gasteiger partial charge in [-0.1, -0.05) is 5.21 Å². The molecule has 7 heteroatoms. The van der Waals surface area contributed by atoms with Crippen molar-refractivity contribution in [2.45, 2.75) is 27.7 Å². The van der Waals surface area contributed by atoms with Crippen LogP contribution in [0.2, 0.25) is 0 Å². The first-order valence-electron chi connectivity index (χ1n) is 6.24. The monoisotopic (exact) mass is 283 g/mol. The van der Waals surface area contributed by atoms with Gasteiger partial charge in [0, 0.05) is 0 Å². The van der Waals surface area contributed by atoms with Crippen LogP contribution in [0.15, 0.2) is 12.1 Å². The summed E-state index contributed by atoms with van der Waals surface area (Å²) in [6, 6.07) is 3.81. The van der Waals surface area contributed by atoms with Gasteiger partial charge >= 0.3 is 7.75 Å². The molecule has 1 aromatic heterocycles. The molecule has 0 radical (unpaired) electrons. The largest absolute Gasteiger partial charge is 0.456 e. The zero-order valence-electron chi connectivity index (χ0n) is 11.6. The Labute approximate surface area is 112 Å². The first kappa shape index (κ1) is 14.2. The van der Waals surface area contributed by atoms with Gasteiger partial charge in [-0.05, 0) is 51.0 Å². The molecule has 2 rings (SSSR count). The van der Waals surface area contributed by atoms with Crippen molar-refractivity contribution in [2.24, 2.45) is 0 Å². The van der Waals surface area contributed by atoms with Crippen LogP contribution in [0.25, 0.3) is 11.0 Å². The highest BCUT2D eigenvalue weighted by Gasteiger charge is 2.30. The third kappa shape index (κ3) is 2.56. The van der Waals surface area contributed by atoms with Gasteiger partial charge in [-0.3, -0.25) is 9.05 Å². The summed E-state index contributed by atoms with van der Waals surface area (Å²) in [5.41, 5.74) is 3.54. The Morgan fingerprint density at radius 1 is 1.16 bits per heavy atom. The van der Waals surface area contributed by atoms with Crippen LogP contribution < -0.4 is 0 Å². The predicted molar refractivity (Wildman–Crippen MR) is 73.3 cm³/mol. The molecule has 0 amide bonds. The van der Waals surface area contributed by atoms with Crippen LogP contribution in [0.4, 0.5) is 0 Å². The lowest BCUT2D eigenvalue weighted by Gasteiger charge is -2.16. The maximum absolute atomic E-state index is 12.7. The van der Waals surface area contributed by atoms with Crippen molar-refractivity contribution < 1.29 is 13.6 Å². The lowest BCUT2D eigenvalue weighted by atomic mass is 10.1. The summed E-state index contributed by atoms with van der Waals surface area (Å²) < 4.78 is 24.5. The second kappa shape index (κ2) is 5.41. The zero-order chi connectivity index (χ0) is 14.0. The average Bonchev–Trinajstić information content (AvgIpc) is 2.74. The molecule has 104 valence electrons. The maximum Gasteiger partial charge on any atom is 0.456 e. The van der Waals surface area contributed by atoms with Crippen LogP contribution in [-0.4, -0.2) is 28.0 Å². The minimum atomic E-state index is -3.46. The summed E-state index contributed by atoms with van der Waals surface area (Å²) in [5.74, 6) is 0. The molecule has 0 spiro atoms. The Hall–Kier alpha value is -1.23. The topological polar surface area (TPSA) is 66.2 Å². The fraction of sp³-hybridized carbons (Fsp3) is 0.500. The molecule has 0 saturated heterocycles. The fourth-order valence-corrected chi connectivity index (χ4v) is 3.33. The van der Waals surface area contributed by atoms with Crippen molar-refractivity contribution >= 4 is 18.8 Å². The molecule has 0 fully saturated rings. The lowest BCUT2D eigenvalue weighted by molar-refractivity contribution is 0.210. The summed E-state index contributed by atoms with van der Waals surface area (Å²) >= 11 is 0. The molecule has 0 aliphatic heterocycles. The molecule has 0 atom stereocenters. The van der Waals surface area contributed by atoms with Crippen LogP contribution in [0.5, 0.6) is 0 Å². The van der Waals surface area contributed by atoms with E-state index in [1.54, 1.807) is 13.8 Å². The number of hydrogen-bond donors (Lipinski definition) is 0. The summed E-state index contributed by atoms with van der Waals surface area (Å²) in [7, 11) is -3.46. The first-order chi connectivity index (χ1) is 9.01. The minimum Gasteiger partial charge on any atom is -0.291 e. The Morgan fingerprint density at radius 2 is 1.74 bits per heavy atom. The van der Waals surface area contributed by atoms with E-state index in [-0.39, 0.29) is 13.2 Å². The normalized spacial score (nSPS) is 12.2. The van der Waals surface area contributed by atoms with Gasteiger partial charge in [-0.25, -0.2) is 4.57 Å². The van der Waals surface area contributed by atoms with E-state index in [0.717, 1.165) is 11.1 Å². The van der Waals surface area contributed by atoms with Crippen molar-refractivity contribution in [3.8, 4) is 0 Å². The van der Waals surface area contributed by atoms with Gasteiger partial charge in [-0.2, -0.15) is 0 Å². The van der Waals surface area contributed by atoms with Gasteiger partial charge in [0.1, 0.15) is 11.0 Å². The number of hydrogen-bond acceptors (Lipinski definition) is 5. The lowest BCUT2D eigenvalue weighted by Crippen LogP contribution is -2.06. The maximum atomic E-state index is 12.7. The zero-order valence-corrected chi connectivity index (χ0v) is 12.5. The standard InChI is InChI=1S/C12H18N3O3P/c1-5-17-19(16,18-6-2)15-12-8-10(4)9(3)7-11(12)13-14-15/h7-8H,5-6H2,1-4H3. The molecule has 1 heterocycles. The first-order valence-corrected chi connectivity index (χ1v) is 7.74. The van der Waals surface area contributed by atoms with Crippen LogP contribution in [-0.2, 0) is 13.6 Å². The second-order valence-corrected chi connectivity index (χ2v) is 6.04. The van der Waals surface area contributed by atoms with E-state index in [9.17, 15) is 4.57 Å².